The summed E-state index contributed by atoms with van der Waals surface area (Å²) in [5.41, 5.74) is 0. The summed E-state index contributed by atoms with van der Waals surface area (Å²) in [6, 6.07) is 8.48. The molecule has 1 fully saturated rings. The Labute approximate surface area is 189 Å². The molecule has 0 saturated heterocycles. The fourth-order valence-corrected chi connectivity index (χ4v) is 4.12. The Bertz CT molecular complexity index is 708. The highest BCUT2D eigenvalue weighted by atomic mass is 19.3. The van der Waals surface area contributed by atoms with Gasteiger partial charge in [0.2, 0.25) is 0 Å². The molecule has 7 heteroatoms. The number of aliphatic hydroxyl groups is 2. The van der Waals surface area contributed by atoms with Gasteiger partial charge in [-0.05, 0) is 69.9 Å². The van der Waals surface area contributed by atoms with Crippen LogP contribution in [0.1, 0.15) is 58.8 Å². The second kappa shape index (κ2) is 12.9. The van der Waals surface area contributed by atoms with Crippen molar-refractivity contribution in [2.45, 2.75) is 83.0 Å². The number of unbranched alkanes of at least 4 members (excludes halogenated alkanes) is 1. The molecule has 0 aromatic heterocycles. The van der Waals surface area contributed by atoms with Gasteiger partial charge < -0.3 is 19.7 Å². The van der Waals surface area contributed by atoms with Gasteiger partial charge in [-0.25, -0.2) is 8.78 Å². The molecule has 0 amide bonds. The summed E-state index contributed by atoms with van der Waals surface area (Å²) < 4.78 is 38.9. The number of esters is 1. The van der Waals surface area contributed by atoms with Crippen LogP contribution in [0.3, 0.4) is 0 Å². The Balaban J connectivity index is 1.76. The lowest BCUT2D eigenvalue weighted by Crippen LogP contribution is -2.29. The molecule has 32 heavy (non-hydrogen) atoms. The molecule has 180 valence electrons. The molecule has 0 heterocycles. The van der Waals surface area contributed by atoms with Crippen molar-refractivity contribution in [1.29, 1.82) is 0 Å². The molecule has 4 atom stereocenters. The lowest BCUT2D eigenvalue weighted by atomic mass is 9.86. The molecule has 0 spiro atoms. The molecule has 1 aliphatic rings. The molecular formula is C25H36F2O5. The van der Waals surface area contributed by atoms with Crippen molar-refractivity contribution in [2.24, 2.45) is 11.8 Å². The monoisotopic (exact) mass is 454 g/mol. The van der Waals surface area contributed by atoms with Crippen molar-refractivity contribution in [3.8, 4) is 5.75 Å². The maximum Gasteiger partial charge on any atom is 0.306 e. The number of ether oxygens (including phenoxy) is 2. The molecule has 5 nitrogen and oxygen atoms in total. The first-order valence-corrected chi connectivity index (χ1v) is 11.4. The van der Waals surface area contributed by atoms with Gasteiger partial charge >= 0.3 is 5.97 Å². The van der Waals surface area contributed by atoms with Gasteiger partial charge in [0, 0.05) is 12.8 Å². The van der Waals surface area contributed by atoms with Crippen molar-refractivity contribution in [3.63, 3.8) is 0 Å². The van der Waals surface area contributed by atoms with Crippen LogP contribution < -0.4 is 4.74 Å². The number of para-hydroxylation sites is 1. The third-order valence-electron chi connectivity index (χ3n) is 5.75. The van der Waals surface area contributed by atoms with E-state index in [2.05, 4.69) is 0 Å². The summed E-state index contributed by atoms with van der Waals surface area (Å²) in [4.78, 5) is 11.5. The van der Waals surface area contributed by atoms with Gasteiger partial charge in [-0.15, -0.1) is 0 Å². The number of benzene rings is 1. The molecule has 0 aliphatic heterocycles. The van der Waals surface area contributed by atoms with Crippen molar-refractivity contribution in [2.75, 3.05) is 6.61 Å². The summed E-state index contributed by atoms with van der Waals surface area (Å²) in [6.07, 6.45) is 4.32. The number of aliphatic hydroxyl groups excluding tert-OH is 2. The standard InChI is InChI=1S/C25H36F2O5/c1-18(2)32-24(30)13-9-4-3-8-12-20-21(23(29)16-22(20)28)14-15-25(26,27)17-31-19-10-6-5-7-11-19/h3,5-8,10-11,18,20-23,28-29H,4,9,12-17H2,1-2H3/t20-,21-,22+,23-/m1/s1. The van der Waals surface area contributed by atoms with Crippen molar-refractivity contribution in [1.82, 2.24) is 0 Å². The van der Waals surface area contributed by atoms with E-state index < -0.39 is 37.1 Å². The first-order valence-electron chi connectivity index (χ1n) is 11.4. The molecule has 0 bridgehead atoms. The van der Waals surface area contributed by atoms with E-state index in [9.17, 15) is 23.8 Å². The maximum absolute atomic E-state index is 14.3. The van der Waals surface area contributed by atoms with Gasteiger partial charge in [-0.1, -0.05) is 30.4 Å². The maximum atomic E-state index is 14.3. The highest BCUT2D eigenvalue weighted by Gasteiger charge is 2.42. The molecule has 0 radical (unpaired) electrons. The second-order valence-corrected chi connectivity index (χ2v) is 8.83. The largest absolute Gasteiger partial charge is 0.487 e. The van der Waals surface area contributed by atoms with Crippen molar-refractivity contribution in [3.05, 3.63) is 42.5 Å². The highest BCUT2D eigenvalue weighted by Crippen LogP contribution is 2.40. The zero-order chi connectivity index (χ0) is 23.6. The fraction of sp³-hybridized carbons (Fsp3) is 0.640. The summed E-state index contributed by atoms with van der Waals surface area (Å²) in [7, 11) is 0. The Kier molecular flexibility index (Phi) is 10.6. The average Bonchev–Trinajstić information content (AvgIpc) is 3.00. The predicted octanol–water partition coefficient (Wildman–Crippen LogP) is 4.91. The van der Waals surface area contributed by atoms with Crippen molar-refractivity contribution >= 4 is 5.97 Å². The van der Waals surface area contributed by atoms with Gasteiger partial charge in [0.1, 0.15) is 5.75 Å². The van der Waals surface area contributed by atoms with Crippen LogP contribution in [-0.2, 0) is 9.53 Å². The van der Waals surface area contributed by atoms with Gasteiger partial charge in [0.15, 0.2) is 6.61 Å². The van der Waals surface area contributed by atoms with Gasteiger partial charge in [0.05, 0.1) is 18.3 Å². The average molecular weight is 455 g/mol. The van der Waals surface area contributed by atoms with E-state index in [1.165, 1.54) is 0 Å². The highest BCUT2D eigenvalue weighted by molar-refractivity contribution is 5.69. The summed E-state index contributed by atoms with van der Waals surface area (Å²) in [6.45, 7) is 2.90. The fourth-order valence-electron chi connectivity index (χ4n) is 4.12. The van der Waals surface area contributed by atoms with Crippen LogP contribution in [0.15, 0.2) is 42.5 Å². The summed E-state index contributed by atoms with van der Waals surface area (Å²) >= 11 is 0. The zero-order valence-corrected chi connectivity index (χ0v) is 19.0. The predicted molar refractivity (Wildman–Crippen MR) is 119 cm³/mol. The van der Waals surface area contributed by atoms with E-state index in [1.54, 1.807) is 30.3 Å². The molecular weight excluding hydrogens is 418 g/mol. The molecule has 1 aromatic rings. The van der Waals surface area contributed by atoms with E-state index >= 15 is 0 Å². The SMILES string of the molecule is CC(C)OC(=O)CCCC=CC[C@@H]1[C@@H](CCC(F)(F)COc2ccccc2)[C@H](O)C[C@@H]1O. The van der Waals surface area contributed by atoms with E-state index in [4.69, 9.17) is 9.47 Å². The first-order chi connectivity index (χ1) is 15.2. The minimum Gasteiger partial charge on any atom is -0.487 e. The minimum atomic E-state index is -3.02. The third-order valence-corrected chi connectivity index (χ3v) is 5.75. The van der Waals surface area contributed by atoms with Crippen LogP contribution in [0.5, 0.6) is 5.75 Å². The number of hydrogen-bond donors (Lipinski definition) is 2. The lowest BCUT2D eigenvalue weighted by molar-refractivity contribution is -0.147. The smallest absolute Gasteiger partial charge is 0.306 e. The van der Waals surface area contributed by atoms with E-state index in [0.29, 0.717) is 31.4 Å². The number of hydrogen-bond acceptors (Lipinski definition) is 5. The Morgan fingerprint density at radius 3 is 2.53 bits per heavy atom. The summed E-state index contributed by atoms with van der Waals surface area (Å²) in [5, 5.41) is 20.6. The number of alkyl halides is 2. The Hall–Kier alpha value is -1.99. The van der Waals surface area contributed by atoms with Gasteiger partial charge in [0.25, 0.3) is 5.92 Å². The first kappa shape index (κ1) is 26.3. The van der Waals surface area contributed by atoms with E-state index in [0.717, 1.165) is 0 Å². The topological polar surface area (TPSA) is 76.0 Å². The molecule has 2 rings (SSSR count). The Morgan fingerprint density at radius 2 is 1.84 bits per heavy atom. The molecule has 0 unspecified atom stereocenters. The lowest BCUT2D eigenvalue weighted by Gasteiger charge is -2.25. The molecule has 1 aromatic carbocycles. The van der Waals surface area contributed by atoms with E-state index in [1.807, 2.05) is 26.0 Å². The third kappa shape index (κ3) is 9.25. The second-order valence-electron chi connectivity index (χ2n) is 8.83. The quantitative estimate of drug-likeness (QED) is 0.252. The number of carbonyl (C=O) groups is 1. The van der Waals surface area contributed by atoms with Crippen LogP contribution in [0.4, 0.5) is 8.78 Å². The van der Waals surface area contributed by atoms with Crippen LogP contribution in [0.2, 0.25) is 0 Å². The number of carbonyl (C=O) groups excluding carboxylic acids is 1. The number of halogens is 2. The van der Waals surface area contributed by atoms with Crippen LogP contribution in [0, 0.1) is 11.8 Å². The van der Waals surface area contributed by atoms with Crippen LogP contribution in [0.25, 0.3) is 0 Å². The van der Waals surface area contributed by atoms with Crippen molar-refractivity contribution < 1.29 is 33.3 Å². The van der Waals surface area contributed by atoms with Crippen LogP contribution in [-0.4, -0.2) is 47.0 Å². The zero-order valence-electron chi connectivity index (χ0n) is 19.0. The number of rotatable bonds is 13. The summed E-state index contributed by atoms with van der Waals surface area (Å²) in [5.74, 6) is -3.51. The minimum absolute atomic E-state index is 0.114. The molecule has 2 N–H and O–H groups in total. The number of allylic oxidation sites excluding steroid dienone is 2. The molecule has 1 saturated carbocycles. The normalized spacial score (nSPS) is 23.7. The van der Waals surface area contributed by atoms with E-state index in [-0.39, 0.29) is 30.8 Å². The molecule has 1 aliphatic carbocycles. The van der Waals surface area contributed by atoms with Gasteiger partial charge in [-0.2, -0.15) is 0 Å². The van der Waals surface area contributed by atoms with Gasteiger partial charge in [-0.3, -0.25) is 4.79 Å². The van der Waals surface area contributed by atoms with Crippen LogP contribution >= 0.6 is 0 Å². The Morgan fingerprint density at radius 1 is 1.16 bits per heavy atom.